The number of anilines is 1. The molecule has 2 aliphatic heterocycles. The van der Waals surface area contributed by atoms with Crippen molar-refractivity contribution in [2.45, 2.75) is 49.7 Å². The van der Waals surface area contributed by atoms with E-state index in [4.69, 9.17) is 0 Å². The van der Waals surface area contributed by atoms with Gasteiger partial charge in [-0.25, -0.2) is 0 Å². The average Bonchev–Trinajstić information content (AvgIpc) is 2.61. The lowest BCUT2D eigenvalue weighted by Gasteiger charge is -2.34. The van der Waals surface area contributed by atoms with Gasteiger partial charge in [-0.05, 0) is 49.8 Å². The Hall–Kier alpha value is -1.53. The number of nitrogens with one attached hydrogen (secondary N) is 2. The van der Waals surface area contributed by atoms with E-state index in [2.05, 4.69) is 29.4 Å². The number of likely N-dealkylation sites (tertiary alicyclic amines) is 1. The molecule has 1 saturated heterocycles. The zero-order valence-electron chi connectivity index (χ0n) is 16.4. The highest BCUT2D eigenvalue weighted by Crippen LogP contribution is 2.36. The second-order valence-corrected chi connectivity index (χ2v) is 9.30. The number of amides is 2. The van der Waals surface area contributed by atoms with Crippen LogP contribution >= 0.6 is 11.8 Å². The summed E-state index contributed by atoms with van der Waals surface area (Å²) in [5.41, 5.74) is 0.838. The van der Waals surface area contributed by atoms with Crippen LogP contribution in [0.25, 0.3) is 0 Å². The van der Waals surface area contributed by atoms with E-state index in [1.54, 1.807) is 0 Å². The van der Waals surface area contributed by atoms with Crippen LogP contribution in [0, 0.1) is 11.8 Å². The largest absolute Gasteiger partial charge is 0.356 e. The summed E-state index contributed by atoms with van der Waals surface area (Å²) in [6, 6.07) is 7.72. The summed E-state index contributed by atoms with van der Waals surface area (Å²) in [4.78, 5) is 28.0. The van der Waals surface area contributed by atoms with E-state index < -0.39 is 0 Å². The molecule has 2 amide bonds. The lowest BCUT2D eigenvalue weighted by atomic mass is 9.92. The van der Waals surface area contributed by atoms with Crippen LogP contribution in [-0.4, -0.2) is 48.1 Å². The van der Waals surface area contributed by atoms with Crippen LogP contribution in [0.5, 0.6) is 0 Å². The Labute approximate surface area is 166 Å². The molecule has 0 bridgehead atoms. The fourth-order valence-electron chi connectivity index (χ4n) is 4.13. The van der Waals surface area contributed by atoms with E-state index in [1.807, 2.05) is 24.3 Å². The maximum Gasteiger partial charge on any atom is 0.238 e. The third-order valence-corrected chi connectivity index (χ3v) is 6.52. The maximum atomic E-state index is 12.2. The number of para-hydroxylation sites is 1. The van der Waals surface area contributed by atoms with E-state index >= 15 is 0 Å². The topological polar surface area (TPSA) is 61.4 Å². The molecule has 1 aromatic rings. The van der Waals surface area contributed by atoms with Gasteiger partial charge in [0, 0.05) is 31.0 Å². The van der Waals surface area contributed by atoms with E-state index in [-0.39, 0.29) is 23.5 Å². The summed E-state index contributed by atoms with van der Waals surface area (Å²) in [5, 5.41) is 5.52. The van der Waals surface area contributed by atoms with Crippen molar-refractivity contribution < 1.29 is 9.59 Å². The van der Waals surface area contributed by atoms with Crippen LogP contribution in [0.15, 0.2) is 29.2 Å². The van der Waals surface area contributed by atoms with Gasteiger partial charge in [0.1, 0.15) is 0 Å². The highest BCUT2D eigenvalue weighted by Gasteiger charge is 2.28. The molecular formula is C21H31N3O2S. The number of piperidine rings is 1. The quantitative estimate of drug-likeness (QED) is 0.702. The summed E-state index contributed by atoms with van der Waals surface area (Å²) >= 11 is 1.48. The van der Waals surface area contributed by atoms with Crippen LogP contribution in [0.1, 0.15) is 39.5 Å². The fraction of sp³-hybridized carbons (Fsp3) is 0.619. The number of hydrogen-bond donors (Lipinski definition) is 2. The lowest BCUT2D eigenvalue weighted by molar-refractivity contribution is -0.124. The molecule has 3 unspecified atom stereocenters. The third-order valence-electron chi connectivity index (χ3n) is 5.25. The van der Waals surface area contributed by atoms with E-state index in [9.17, 15) is 9.59 Å². The molecule has 1 fully saturated rings. The Kier molecular flexibility index (Phi) is 7.19. The number of unbranched alkanes of at least 4 members (excludes halogenated alkanes) is 1. The first kappa shape index (κ1) is 20.2. The Bertz CT molecular complexity index is 657. The monoisotopic (exact) mass is 389 g/mol. The van der Waals surface area contributed by atoms with Crippen molar-refractivity contribution in [3.05, 3.63) is 24.3 Å². The maximum absolute atomic E-state index is 12.2. The number of fused-ring (bicyclic) bond motifs is 1. The van der Waals surface area contributed by atoms with Crippen LogP contribution in [0.4, 0.5) is 5.69 Å². The second-order valence-electron chi connectivity index (χ2n) is 8.06. The van der Waals surface area contributed by atoms with Gasteiger partial charge in [0.05, 0.1) is 10.9 Å². The molecule has 0 aliphatic carbocycles. The molecule has 3 atom stereocenters. The predicted octanol–water partition coefficient (Wildman–Crippen LogP) is 3.36. The molecule has 0 aromatic heterocycles. The molecule has 0 spiro atoms. The Balaban J connectivity index is 1.33. The summed E-state index contributed by atoms with van der Waals surface area (Å²) in [5.74, 6) is 1.46. The predicted molar refractivity (Wildman–Crippen MR) is 111 cm³/mol. The first-order valence-electron chi connectivity index (χ1n) is 10.1. The smallest absolute Gasteiger partial charge is 0.238 e. The number of benzene rings is 1. The number of carbonyl (C=O) groups is 2. The standard InChI is InChI=1S/C21H31N3O2S/c1-15-11-16(2)14-24(13-15)10-6-5-9-22-20(25)12-19-21(26)23-17-7-3-4-8-18(17)27-19/h3-4,7-8,15-16,19H,5-6,9-14H2,1-2H3,(H,22,25)(H,23,26). The van der Waals surface area contributed by atoms with Gasteiger partial charge in [-0.15, -0.1) is 11.8 Å². The molecule has 2 aliphatic rings. The van der Waals surface area contributed by atoms with Crippen molar-refractivity contribution in [3.8, 4) is 0 Å². The highest BCUT2D eigenvalue weighted by molar-refractivity contribution is 8.01. The summed E-state index contributed by atoms with van der Waals surface area (Å²) in [6.45, 7) is 8.87. The van der Waals surface area contributed by atoms with Crippen LogP contribution in [0.3, 0.4) is 0 Å². The first-order chi connectivity index (χ1) is 13.0. The number of rotatable bonds is 7. The molecule has 148 valence electrons. The van der Waals surface area contributed by atoms with Gasteiger partial charge < -0.3 is 15.5 Å². The number of nitrogens with zero attached hydrogens (tertiary/aromatic N) is 1. The zero-order chi connectivity index (χ0) is 19.2. The van der Waals surface area contributed by atoms with Crippen molar-refractivity contribution in [1.82, 2.24) is 10.2 Å². The van der Waals surface area contributed by atoms with Gasteiger partial charge in [-0.1, -0.05) is 26.0 Å². The van der Waals surface area contributed by atoms with Gasteiger partial charge in [-0.2, -0.15) is 0 Å². The van der Waals surface area contributed by atoms with Crippen LogP contribution in [-0.2, 0) is 9.59 Å². The van der Waals surface area contributed by atoms with Crippen molar-refractivity contribution in [2.24, 2.45) is 11.8 Å². The zero-order valence-corrected chi connectivity index (χ0v) is 17.2. The molecule has 6 heteroatoms. The average molecular weight is 390 g/mol. The Morgan fingerprint density at radius 3 is 2.74 bits per heavy atom. The minimum atomic E-state index is -0.351. The molecule has 5 nitrogen and oxygen atoms in total. The van der Waals surface area contributed by atoms with Crippen LogP contribution in [0.2, 0.25) is 0 Å². The van der Waals surface area contributed by atoms with Gasteiger partial charge in [0.2, 0.25) is 11.8 Å². The van der Waals surface area contributed by atoms with Gasteiger partial charge >= 0.3 is 0 Å². The van der Waals surface area contributed by atoms with Gasteiger partial charge in [-0.3, -0.25) is 9.59 Å². The van der Waals surface area contributed by atoms with Gasteiger partial charge in [0.15, 0.2) is 0 Å². The molecule has 2 N–H and O–H groups in total. The second kappa shape index (κ2) is 9.60. The van der Waals surface area contributed by atoms with Gasteiger partial charge in [0.25, 0.3) is 0 Å². The third kappa shape index (κ3) is 5.98. The van der Waals surface area contributed by atoms with Crippen molar-refractivity contribution >= 4 is 29.3 Å². The molecule has 1 aromatic carbocycles. The first-order valence-corrected chi connectivity index (χ1v) is 10.9. The minimum Gasteiger partial charge on any atom is -0.356 e. The van der Waals surface area contributed by atoms with E-state index in [0.29, 0.717) is 6.54 Å². The lowest BCUT2D eigenvalue weighted by Crippen LogP contribution is -2.39. The van der Waals surface area contributed by atoms with Crippen molar-refractivity contribution in [3.63, 3.8) is 0 Å². The molecule has 3 rings (SSSR count). The molecular weight excluding hydrogens is 358 g/mol. The van der Waals surface area contributed by atoms with E-state index in [1.165, 1.54) is 31.3 Å². The number of thioether (sulfide) groups is 1. The minimum absolute atomic E-state index is 0.0396. The molecule has 27 heavy (non-hydrogen) atoms. The summed E-state index contributed by atoms with van der Waals surface area (Å²) < 4.78 is 0. The van der Waals surface area contributed by atoms with E-state index in [0.717, 1.165) is 41.8 Å². The normalized spacial score (nSPS) is 25.6. The highest BCUT2D eigenvalue weighted by atomic mass is 32.2. The number of hydrogen-bond acceptors (Lipinski definition) is 4. The molecule has 0 radical (unpaired) electrons. The molecule has 0 saturated carbocycles. The molecule has 2 heterocycles. The fourth-order valence-corrected chi connectivity index (χ4v) is 5.24. The van der Waals surface area contributed by atoms with Crippen molar-refractivity contribution in [2.75, 3.05) is 31.5 Å². The Morgan fingerprint density at radius 2 is 1.96 bits per heavy atom. The SMILES string of the molecule is CC1CC(C)CN(CCCCNC(=O)CC2Sc3ccccc3NC2=O)C1. The van der Waals surface area contributed by atoms with Crippen LogP contribution < -0.4 is 10.6 Å². The summed E-state index contributed by atoms with van der Waals surface area (Å²) in [6.07, 6.45) is 3.65. The number of carbonyl (C=O) groups excluding carboxylic acids is 2. The Morgan fingerprint density at radius 1 is 1.22 bits per heavy atom. The van der Waals surface area contributed by atoms with Crippen molar-refractivity contribution in [1.29, 1.82) is 0 Å². The summed E-state index contributed by atoms with van der Waals surface area (Å²) in [7, 11) is 0.